The van der Waals surface area contributed by atoms with Crippen LogP contribution in [-0.4, -0.2) is 34.5 Å². The van der Waals surface area contributed by atoms with Crippen LogP contribution in [0.5, 0.6) is 5.75 Å². The van der Waals surface area contributed by atoms with Crippen LogP contribution in [0.2, 0.25) is 0 Å². The molecular formula is C16H18BrN3O3. The first kappa shape index (κ1) is 16.0. The Balaban J connectivity index is 1.50. The van der Waals surface area contributed by atoms with E-state index in [4.69, 9.17) is 9.26 Å². The average molecular weight is 380 g/mol. The van der Waals surface area contributed by atoms with Crippen LogP contribution in [0.3, 0.4) is 0 Å². The van der Waals surface area contributed by atoms with Gasteiger partial charge in [-0.25, -0.2) is 0 Å². The van der Waals surface area contributed by atoms with Crippen molar-refractivity contribution < 1.29 is 14.4 Å². The number of fused-ring (bicyclic) bond motifs is 1. The molecule has 3 aromatic rings. The standard InChI is InChI=1S/C16H18BrN3O3/c1-10(15-7-16(17)20-23-15)19-8-11(21)9-22-14-4-2-3-13-12(14)5-6-18-13/h2-7,10-11,18-19,21H,8-9H2,1H3. The lowest BCUT2D eigenvalue weighted by Crippen LogP contribution is -2.32. The van der Waals surface area contributed by atoms with Gasteiger partial charge in [0.15, 0.2) is 5.76 Å². The van der Waals surface area contributed by atoms with E-state index in [0.29, 0.717) is 16.9 Å². The van der Waals surface area contributed by atoms with Crippen molar-refractivity contribution in [3.63, 3.8) is 0 Å². The van der Waals surface area contributed by atoms with Crippen molar-refractivity contribution in [1.82, 2.24) is 15.5 Å². The number of aromatic amines is 1. The Labute approximate surface area is 141 Å². The quantitative estimate of drug-likeness (QED) is 0.587. The molecule has 3 N–H and O–H groups in total. The van der Waals surface area contributed by atoms with Crippen molar-refractivity contribution in [2.45, 2.75) is 19.1 Å². The molecule has 1 aromatic carbocycles. The van der Waals surface area contributed by atoms with Gasteiger partial charge in [-0.05, 0) is 41.1 Å². The van der Waals surface area contributed by atoms with Gasteiger partial charge in [0.2, 0.25) is 0 Å². The number of halogens is 1. The molecule has 0 fully saturated rings. The number of H-pyrrole nitrogens is 1. The third-order valence-electron chi connectivity index (χ3n) is 3.57. The predicted octanol–water partition coefficient (Wildman–Crippen LogP) is 3.01. The first-order valence-corrected chi connectivity index (χ1v) is 8.15. The van der Waals surface area contributed by atoms with Gasteiger partial charge in [-0.3, -0.25) is 0 Å². The van der Waals surface area contributed by atoms with Gasteiger partial charge >= 0.3 is 0 Å². The molecule has 23 heavy (non-hydrogen) atoms. The van der Waals surface area contributed by atoms with E-state index in [9.17, 15) is 5.11 Å². The number of benzene rings is 1. The highest BCUT2D eigenvalue weighted by Gasteiger charge is 2.14. The van der Waals surface area contributed by atoms with Crippen molar-refractivity contribution in [3.05, 3.63) is 46.9 Å². The molecule has 3 rings (SSSR count). The van der Waals surface area contributed by atoms with Crippen LogP contribution in [0.15, 0.2) is 45.7 Å². The monoisotopic (exact) mass is 379 g/mol. The van der Waals surface area contributed by atoms with E-state index in [1.807, 2.05) is 37.4 Å². The fraction of sp³-hybridized carbons (Fsp3) is 0.312. The van der Waals surface area contributed by atoms with Gasteiger partial charge in [-0.2, -0.15) is 0 Å². The third kappa shape index (κ3) is 3.93. The van der Waals surface area contributed by atoms with Gasteiger partial charge in [0.05, 0.1) is 6.04 Å². The first-order chi connectivity index (χ1) is 11.1. The maximum absolute atomic E-state index is 10.1. The Bertz CT molecular complexity index is 771. The Morgan fingerprint density at radius 1 is 1.43 bits per heavy atom. The van der Waals surface area contributed by atoms with Crippen molar-refractivity contribution in [2.75, 3.05) is 13.2 Å². The molecule has 122 valence electrons. The number of ether oxygens (including phenoxy) is 1. The molecule has 7 heteroatoms. The molecule has 6 nitrogen and oxygen atoms in total. The molecule has 0 aliphatic rings. The van der Waals surface area contributed by atoms with Crippen molar-refractivity contribution in [2.24, 2.45) is 0 Å². The number of rotatable bonds is 7. The van der Waals surface area contributed by atoms with Crippen LogP contribution in [0.25, 0.3) is 10.9 Å². The van der Waals surface area contributed by atoms with Gasteiger partial charge in [-0.15, -0.1) is 0 Å². The number of nitrogens with one attached hydrogen (secondary N) is 2. The third-order valence-corrected chi connectivity index (χ3v) is 3.95. The molecule has 0 spiro atoms. The number of nitrogens with zero attached hydrogens (tertiary/aromatic N) is 1. The van der Waals surface area contributed by atoms with Crippen LogP contribution in [0, 0.1) is 0 Å². The van der Waals surface area contributed by atoms with E-state index in [0.717, 1.165) is 16.7 Å². The molecule has 2 atom stereocenters. The van der Waals surface area contributed by atoms with Crippen molar-refractivity contribution in [1.29, 1.82) is 0 Å². The second kappa shape index (κ2) is 7.16. The summed E-state index contributed by atoms with van der Waals surface area (Å²) in [6.07, 6.45) is 1.24. The number of aromatic nitrogens is 2. The highest BCUT2D eigenvalue weighted by Crippen LogP contribution is 2.24. The summed E-state index contributed by atoms with van der Waals surface area (Å²) in [5.74, 6) is 1.47. The van der Waals surface area contributed by atoms with Crippen LogP contribution in [0.4, 0.5) is 0 Å². The molecule has 0 saturated heterocycles. The Hall–Kier alpha value is -1.83. The number of hydrogen-bond donors (Lipinski definition) is 3. The minimum Gasteiger partial charge on any atom is -0.490 e. The maximum atomic E-state index is 10.1. The summed E-state index contributed by atoms with van der Waals surface area (Å²) in [5, 5.41) is 18.1. The van der Waals surface area contributed by atoms with Crippen molar-refractivity contribution in [3.8, 4) is 5.75 Å². The summed E-state index contributed by atoms with van der Waals surface area (Å²) >= 11 is 3.24. The number of hydrogen-bond acceptors (Lipinski definition) is 5. The second-order valence-electron chi connectivity index (χ2n) is 5.34. The lowest BCUT2D eigenvalue weighted by atomic mass is 10.2. The number of aliphatic hydroxyl groups is 1. The summed E-state index contributed by atoms with van der Waals surface area (Å²) < 4.78 is 11.5. The molecule has 2 heterocycles. The lowest BCUT2D eigenvalue weighted by Gasteiger charge is -2.16. The van der Waals surface area contributed by atoms with E-state index in [2.05, 4.69) is 31.4 Å². The zero-order chi connectivity index (χ0) is 16.2. The fourth-order valence-corrected chi connectivity index (χ4v) is 2.61. The topological polar surface area (TPSA) is 83.3 Å². The molecule has 0 aliphatic carbocycles. The number of aliphatic hydroxyl groups excluding tert-OH is 1. The second-order valence-corrected chi connectivity index (χ2v) is 6.15. The van der Waals surface area contributed by atoms with E-state index in [1.54, 1.807) is 6.07 Å². The minimum atomic E-state index is -0.627. The zero-order valence-corrected chi connectivity index (χ0v) is 14.2. The molecule has 0 bridgehead atoms. The Morgan fingerprint density at radius 2 is 2.30 bits per heavy atom. The summed E-state index contributed by atoms with van der Waals surface area (Å²) in [5.41, 5.74) is 1.01. The molecule has 0 saturated carbocycles. The molecule has 0 amide bonds. The van der Waals surface area contributed by atoms with Gasteiger partial charge in [0.25, 0.3) is 0 Å². The Kier molecular flexibility index (Phi) is 5.00. The summed E-state index contributed by atoms with van der Waals surface area (Å²) in [6, 6.07) is 9.51. The van der Waals surface area contributed by atoms with Gasteiger partial charge in [-0.1, -0.05) is 11.2 Å². The SMILES string of the molecule is CC(NCC(O)COc1cccc2[nH]ccc12)c1cc(Br)no1. The summed E-state index contributed by atoms with van der Waals surface area (Å²) in [7, 11) is 0. The summed E-state index contributed by atoms with van der Waals surface area (Å²) in [4.78, 5) is 3.13. The lowest BCUT2D eigenvalue weighted by molar-refractivity contribution is 0.104. The fourth-order valence-electron chi connectivity index (χ4n) is 2.31. The average Bonchev–Trinajstić information content (AvgIpc) is 3.19. The first-order valence-electron chi connectivity index (χ1n) is 7.36. The highest BCUT2D eigenvalue weighted by molar-refractivity contribution is 9.10. The minimum absolute atomic E-state index is 0.0449. The molecule has 0 aliphatic heterocycles. The molecule has 0 radical (unpaired) electrons. The van der Waals surface area contributed by atoms with E-state index in [-0.39, 0.29) is 12.6 Å². The van der Waals surface area contributed by atoms with E-state index in [1.165, 1.54) is 0 Å². The van der Waals surface area contributed by atoms with Crippen LogP contribution in [-0.2, 0) is 0 Å². The Morgan fingerprint density at radius 3 is 3.09 bits per heavy atom. The van der Waals surface area contributed by atoms with Crippen molar-refractivity contribution >= 4 is 26.8 Å². The smallest absolute Gasteiger partial charge is 0.154 e. The normalized spacial score (nSPS) is 14.0. The highest BCUT2D eigenvalue weighted by atomic mass is 79.9. The maximum Gasteiger partial charge on any atom is 0.154 e. The van der Waals surface area contributed by atoms with Crippen LogP contribution >= 0.6 is 15.9 Å². The predicted molar refractivity (Wildman–Crippen MR) is 90.4 cm³/mol. The van der Waals surface area contributed by atoms with Crippen LogP contribution < -0.4 is 10.1 Å². The van der Waals surface area contributed by atoms with Gasteiger partial charge in [0, 0.05) is 29.7 Å². The molecule has 2 aromatic heterocycles. The largest absolute Gasteiger partial charge is 0.490 e. The summed E-state index contributed by atoms with van der Waals surface area (Å²) in [6.45, 7) is 2.55. The zero-order valence-electron chi connectivity index (χ0n) is 12.6. The molecular weight excluding hydrogens is 362 g/mol. The molecule has 2 unspecified atom stereocenters. The van der Waals surface area contributed by atoms with Gasteiger partial charge < -0.3 is 24.7 Å². The van der Waals surface area contributed by atoms with E-state index < -0.39 is 6.10 Å². The van der Waals surface area contributed by atoms with Crippen LogP contribution in [0.1, 0.15) is 18.7 Å². The van der Waals surface area contributed by atoms with E-state index >= 15 is 0 Å². The van der Waals surface area contributed by atoms with Gasteiger partial charge in [0.1, 0.15) is 23.1 Å².